The second kappa shape index (κ2) is 5.65. The highest BCUT2D eigenvalue weighted by atomic mass is 16.5. The lowest BCUT2D eigenvalue weighted by molar-refractivity contribution is -0.145. The summed E-state index contributed by atoms with van der Waals surface area (Å²) in [6.07, 6.45) is 7.32. The van der Waals surface area contributed by atoms with E-state index >= 15 is 0 Å². The van der Waals surface area contributed by atoms with Crippen LogP contribution in [0.4, 0.5) is 5.95 Å². The second-order valence-corrected chi connectivity index (χ2v) is 7.15. The third-order valence-electron chi connectivity index (χ3n) is 5.46. The molecule has 1 amide bonds. The van der Waals surface area contributed by atoms with Crippen LogP contribution in [0.3, 0.4) is 0 Å². The summed E-state index contributed by atoms with van der Waals surface area (Å²) in [7, 11) is 1.61. The summed E-state index contributed by atoms with van der Waals surface area (Å²) in [6.45, 7) is 3.49. The van der Waals surface area contributed by atoms with Crippen LogP contribution < -0.4 is 9.64 Å². The van der Waals surface area contributed by atoms with Crippen molar-refractivity contribution in [1.82, 2.24) is 14.9 Å². The molecule has 23 heavy (non-hydrogen) atoms. The number of amides is 1. The summed E-state index contributed by atoms with van der Waals surface area (Å²) >= 11 is 0. The Labute approximate surface area is 136 Å². The molecule has 2 saturated heterocycles. The molecule has 1 spiro atoms. The molecule has 0 N–H and O–H groups in total. The van der Waals surface area contributed by atoms with Crippen molar-refractivity contribution in [2.24, 2.45) is 11.3 Å². The zero-order chi connectivity index (χ0) is 15.9. The number of carbonyl (C=O) groups is 1. The first-order chi connectivity index (χ1) is 11.2. The Bertz CT molecular complexity index is 604. The highest BCUT2D eigenvalue weighted by Crippen LogP contribution is 2.42. The third-order valence-corrected chi connectivity index (χ3v) is 5.46. The zero-order valence-corrected chi connectivity index (χ0v) is 13.7. The smallest absolute Gasteiger partial charge is 0.230 e. The minimum atomic E-state index is -0.223. The van der Waals surface area contributed by atoms with Gasteiger partial charge in [0.1, 0.15) is 0 Å². The molecule has 6 nitrogen and oxygen atoms in total. The van der Waals surface area contributed by atoms with Crippen molar-refractivity contribution in [2.45, 2.75) is 32.1 Å². The molecule has 1 aromatic heterocycles. The molecule has 1 atom stereocenters. The van der Waals surface area contributed by atoms with Gasteiger partial charge in [-0.1, -0.05) is 0 Å². The molecule has 0 bridgehead atoms. The standard InChI is InChI=1S/C17H24N4O2/c1-23-14-5-8-18-16(19-14)21-10-7-17(12-21)6-2-9-20(15(17)22)11-13-3-4-13/h5,8,13H,2-4,6-7,9-12H2,1H3. The maximum atomic E-state index is 13.0. The lowest BCUT2D eigenvalue weighted by Gasteiger charge is -2.39. The molecule has 1 aliphatic carbocycles. The number of piperidine rings is 1. The number of anilines is 1. The number of hydrogen-bond donors (Lipinski definition) is 0. The molecule has 124 valence electrons. The van der Waals surface area contributed by atoms with Gasteiger partial charge in [-0.15, -0.1) is 0 Å². The normalized spacial score (nSPS) is 27.8. The van der Waals surface area contributed by atoms with Crippen molar-refractivity contribution in [2.75, 3.05) is 38.2 Å². The minimum absolute atomic E-state index is 0.223. The predicted octanol–water partition coefficient (Wildman–Crippen LogP) is 1.71. The average Bonchev–Trinajstić information content (AvgIpc) is 3.30. The summed E-state index contributed by atoms with van der Waals surface area (Å²) in [5, 5.41) is 0. The number of carbonyl (C=O) groups excluding carboxylic acids is 1. The molecular formula is C17H24N4O2. The van der Waals surface area contributed by atoms with Crippen LogP contribution in [-0.4, -0.2) is 54.1 Å². The molecular weight excluding hydrogens is 292 g/mol. The van der Waals surface area contributed by atoms with Crippen LogP contribution >= 0.6 is 0 Å². The SMILES string of the molecule is COc1ccnc(N2CCC3(CCCN(CC4CC4)C3=O)C2)n1. The van der Waals surface area contributed by atoms with Gasteiger partial charge in [0.2, 0.25) is 17.7 Å². The van der Waals surface area contributed by atoms with E-state index in [0.29, 0.717) is 17.7 Å². The fourth-order valence-electron chi connectivity index (χ4n) is 3.96. The maximum Gasteiger partial charge on any atom is 0.230 e. The van der Waals surface area contributed by atoms with Crippen molar-refractivity contribution in [3.05, 3.63) is 12.3 Å². The minimum Gasteiger partial charge on any atom is -0.481 e. The molecule has 3 fully saturated rings. The van der Waals surface area contributed by atoms with E-state index in [1.165, 1.54) is 12.8 Å². The zero-order valence-electron chi connectivity index (χ0n) is 13.7. The molecule has 4 rings (SSSR count). The highest BCUT2D eigenvalue weighted by molar-refractivity contribution is 5.85. The van der Waals surface area contributed by atoms with Crippen LogP contribution in [0.5, 0.6) is 5.88 Å². The number of nitrogens with zero attached hydrogens (tertiary/aromatic N) is 4. The van der Waals surface area contributed by atoms with E-state index in [-0.39, 0.29) is 5.41 Å². The Kier molecular flexibility index (Phi) is 3.62. The van der Waals surface area contributed by atoms with Crippen molar-refractivity contribution < 1.29 is 9.53 Å². The van der Waals surface area contributed by atoms with Gasteiger partial charge in [0.25, 0.3) is 0 Å². The van der Waals surface area contributed by atoms with E-state index in [9.17, 15) is 4.79 Å². The molecule has 1 aromatic rings. The topological polar surface area (TPSA) is 58.6 Å². The molecule has 0 aromatic carbocycles. The second-order valence-electron chi connectivity index (χ2n) is 7.15. The van der Waals surface area contributed by atoms with E-state index < -0.39 is 0 Å². The number of rotatable bonds is 4. The van der Waals surface area contributed by atoms with Crippen LogP contribution in [-0.2, 0) is 4.79 Å². The molecule has 3 aliphatic rings. The van der Waals surface area contributed by atoms with E-state index in [2.05, 4.69) is 19.8 Å². The van der Waals surface area contributed by atoms with Gasteiger partial charge in [-0.05, 0) is 38.0 Å². The van der Waals surface area contributed by atoms with Crippen LogP contribution in [0.1, 0.15) is 32.1 Å². The number of methoxy groups -OCH3 is 1. The molecule has 2 aliphatic heterocycles. The van der Waals surface area contributed by atoms with Crippen LogP contribution in [0.25, 0.3) is 0 Å². The van der Waals surface area contributed by atoms with Gasteiger partial charge in [-0.25, -0.2) is 4.98 Å². The lowest BCUT2D eigenvalue weighted by atomic mass is 9.78. The largest absolute Gasteiger partial charge is 0.481 e. The van der Waals surface area contributed by atoms with Crippen molar-refractivity contribution in [3.8, 4) is 5.88 Å². The average molecular weight is 316 g/mol. The van der Waals surface area contributed by atoms with Crippen molar-refractivity contribution in [3.63, 3.8) is 0 Å². The first kappa shape index (κ1) is 14.7. The maximum absolute atomic E-state index is 13.0. The number of ether oxygens (including phenoxy) is 1. The Balaban J connectivity index is 1.50. The molecule has 1 unspecified atom stereocenters. The fraction of sp³-hybridized carbons (Fsp3) is 0.706. The van der Waals surface area contributed by atoms with Gasteiger partial charge in [0.15, 0.2) is 0 Å². The van der Waals surface area contributed by atoms with Crippen LogP contribution in [0, 0.1) is 11.3 Å². The monoisotopic (exact) mass is 316 g/mol. The number of hydrogen-bond acceptors (Lipinski definition) is 5. The Morgan fingerprint density at radius 1 is 1.35 bits per heavy atom. The highest BCUT2D eigenvalue weighted by Gasteiger charge is 2.49. The third kappa shape index (κ3) is 2.75. The van der Waals surface area contributed by atoms with Crippen molar-refractivity contribution >= 4 is 11.9 Å². The van der Waals surface area contributed by atoms with E-state index in [1.54, 1.807) is 19.4 Å². The van der Waals surface area contributed by atoms with Crippen LogP contribution in [0.15, 0.2) is 12.3 Å². The Hall–Kier alpha value is -1.85. The summed E-state index contributed by atoms with van der Waals surface area (Å²) in [5.74, 6) is 2.36. The summed E-state index contributed by atoms with van der Waals surface area (Å²) in [5.41, 5.74) is -0.223. The first-order valence-electron chi connectivity index (χ1n) is 8.62. The molecule has 0 radical (unpaired) electrons. The number of likely N-dealkylation sites (tertiary alicyclic amines) is 1. The quantitative estimate of drug-likeness (QED) is 0.846. The summed E-state index contributed by atoms with van der Waals surface area (Å²) in [6, 6.07) is 1.75. The Morgan fingerprint density at radius 2 is 2.22 bits per heavy atom. The van der Waals surface area contributed by atoms with Crippen LogP contribution in [0.2, 0.25) is 0 Å². The predicted molar refractivity (Wildman–Crippen MR) is 86.4 cm³/mol. The van der Waals surface area contributed by atoms with Gasteiger partial charge in [0, 0.05) is 38.4 Å². The Morgan fingerprint density at radius 3 is 3.00 bits per heavy atom. The fourth-order valence-corrected chi connectivity index (χ4v) is 3.96. The van der Waals surface area contributed by atoms with Gasteiger partial charge in [0.05, 0.1) is 12.5 Å². The van der Waals surface area contributed by atoms with E-state index in [0.717, 1.165) is 51.4 Å². The van der Waals surface area contributed by atoms with Crippen molar-refractivity contribution in [1.29, 1.82) is 0 Å². The first-order valence-corrected chi connectivity index (χ1v) is 8.62. The van der Waals surface area contributed by atoms with E-state index in [4.69, 9.17) is 4.74 Å². The van der Waals surface area contributed by atoms with Gasteiger partial charge in [-0.3, -0.25) is 4.79 Å². The number of aromatic nitrogens is 2. The van der Waals surface area contributed by atoms with E-state index in [1.807, 2.05) is 0 Å². The van der Waals surface area contributed by atoms with Gasteiger partial charge in [-0.2, -0.15) is 4.98 Å². The summed E-state index contributed by atoms with van der Waals surface area (Å²) in [4.78, 5) is 26.1. The lowest BCUT2D eigenvalue weighted by Crippen LogP contribution is -2.50. The van der Waals surface area contributed by atoms with Gasteiger partial charge >= 0.3 is 0 Å². The van der Waals surface area contributed by atoms with Gasteiger partial charge < -0.3 is 14.5 Å². The summed E-state index contributed by atoms with van der Waals surface area (Å²) < 4.78 is 5.19. The molecule has 1 saturated carbocycles. The molecule has 3 heterocycles. The molecule has 6 heteroatoms.